The van der Waals surface area contributed by atoms with Crippen molar-refractivity contribution in [1.82, 2.24) is 0 Å². The number of rotatable bonds is 4. The van der Waals surface area contributed by atoms with Crippen molar-refractivity contribution in [3.63, 3.8) is 0 Å². The fourth-order valence-electron chi connectivity index (χ4n) is 1.28. The molecule has 0 aromatic heterocycles. The fraction of sp³-hybridized carbons (Fsp3) is 0.333. The smallest absolute Gasteiger partial charge is 0.308 e. The lowest BCUT2D eigenvalue weighted by Gasteiger charge is -2.12. The molecule has 4 nitrogen and oxygen atoms in total. The van der Waals surface area contributed by atoms with Crippen molar-refractivity contribution in [2.45, 2.75) is 12.8 Å². The van der Waals surface area contributed by atoms with E-state index < -0.39 is 5.97 Å². The molecule has 0 aliphatic carbocycles. The van der Waals surface area contributed by atoms with Crippen molar-refractivity contribution in [3.05, 3.63) is 30.7 Å². The molecule has 0 bridgehead atoms. The predicted octanol–water partition coefficient (Wildman–Crippen LogP) is 1.53. The molecule has 0 amide bonds. The zero-order chi connectivity index (χ0) is 12.1. The summed E-state index contributed by atoms with van der Waals surface area (Å²) in [6, 6.07) is 5.02. The summed E-state index contributed by atoms with van der Waals surface area (Å²) in [7, 11) is 1.52. The number of aliphatic hydroxyl groups is 1. The summed E-state index contributed by atoms with van der Waals surface area (Å²) in [5, 5.41) is 9.01. The topological polar surface area (TPSA) is 55.8 Å². The van der Waals surface area contributed by atoms with Gasteiger partial charge in [0.1, 0.15) is 11.5 Å². The number of hydrogen-bond donors (Lipinski definition) is 1. The van der Waals surface area contributed by atoms with Crippen LogP contribution in [-0.4, -0.2) is 24.8 Å². The van der Waals surface area contributed by atoms with Crippen LogP contribution >= 0.6 is 0 Å². The van der Waals surface area contributed by atoms with Crippen molar-refractivity contribution in [3.8, 4) is 11.5 Å². The molecule has 0 aliphatic rings. The van der Waals surface area contributed by atoms with Gasteiger partial charge in [0, 0.05) is 25.5 Å². The fourth-order valence-corrected chi connectivity index (χ4v) is 1.28. The second-order valence-corrected chi connectivity index (χ2v) is 3.42. The van der Waals surface area contributed by atoms with Crippen LogP contribution in [0.15, 0.2) is 18.2 Å². The van der Waals surface area contributed by atoms with Crippen molar-refractivity contribution in [2.24, 2.45) is 0 Å². The van der Waals surface area contributed by atoms with Crippen LogP contribution in [0.25, 0.3) is 0 Å². The van der Waals surface area contributed by atoms with Crippen LogP contribution in [0.5, 0.6) is 11.5 Å². The van der Waals surface area contributed by atoms with Crippen LogP contribution in [0.2, 0.25) is 0 Å². The summed E-state index contributed by atoms with van der Waals surface area (Å²) in [6.45, 7) is 5.03. The first-order chi connectivity index (χ1) is 7.56. The van der Waals surface area contributed by atoms with E-state index in [1.807, 2.05) is 0 Å². The van der Waals surface area contributed by atoms with Crippen LogP contribution in [0.3, 0.4) is 0 Å². The van der Waals surface area contributed by atoms with Gasteiger partial charge in [-0.05, 0) is 24.6 Å². The Hall–Kier alpha value is -1.55. The Morgan fingerprint density at radius 1 is 1.44 bits per heavy atom. The van der Waals surface area contributed by atoms with E-state index in [0.29, 0.717) is 11.5 Å². The maximum absolute atomic E-state index is 10.8. The summed E-state index contributed by atoms with van der Waals surface area (Å²) in [6.07, 6.45) is 0. The van der Waals surface area contributed by atoms with Gasteiger partial charge in [-0.15, -0.1) is 0 Å². The second kappa shape index (κ2) is 5.51. The largest absolute Gasteiger partial charge is 0.497 e. The maximum Gasteiger partial charge on any atom is 0.308 e. The van der Waals surface area contributed by atoms with Crippen LogP contribution in [-0.2, 0) is 4.79 Å². The van der Waals surface area contributed by atoms with Crippen LogP contribution in [0, 0.1) is 6.92 Å². The molecular formula is C12H15O4. The van der Waals surface area contributed by atoms with Gasteiger partial charge in [0.25, 0.3) is 0 Å². The number of benzene rings is 1. The normalized spacial score (nSPS) is 12.0. The lowest BCUT2D eigenvalue weighted by molar-refractivity contribution is -0.131. The van der Waals surface area contributed by atoms with Crippen molar-refractivity contribution in [2.75, 3.05) is 13.7 Å². The van der Waals surface area contributed by atoms with Crippen molar-refractivity contribution in [1.29, 1.82) is 0 Å². The van der Waals surface area contributed by atoms with E-state index in [2.05, 4.69) is 6.92 Å². The number of esters is 1. The Bertz CT molecular complexity index is 373. The molecule has 0 spiro atoms. The van der Waals surface area contributed by atoms with E-state index in [9.17, 15) is 4.79 Å². The molecule has 87 valence electrons. The van der Waals surface area contributed by atoms with E-state index in [0.717, 1.165) is 5.56 Å². The van der Waals surface area contributed by atoms with Gasteiger partial charge in [-0.3, -0.25) is 4.79 Å². The highest BCUT2D eigenvalue weighted by Crippen LogP contribution is 2.27. The van der Waals surface area contributed by atoms with Gasteiger partial charge in [-0.25, -0.2) is 0 Å². The third kappa shape index (κ3) is 3.24. The Labute approximate surface area is 94.8 Å². The van der Waals surface area contributed by atoms with Crippen molar-refractivity contribution < 1.29 is 19.4 Å². The molecule has 1 atom stereocenters. The highest BCUT2D eigenvalue weighted by Gasteiger charge is 2.09. The third-order valence-corrected chi connectivity index (χ3v) is 2.09. The molecule has 0 fully saturated rings. The number of methoxy groups -OCH3 is 1. The first kappa shape index (κ1) is 12.5. The molecule has 1 aromatic carbocycles. The third-order valence-electron chi connectivity index (χ3n) is 2.09. The summed E-state index contributed by atoms with van der Waals surface area (Å²) in [4.78, 5) is 10.8. The molecule has 0 heterocycles. The van der Waals surface area contributed by atoms with Crippen LogP contribution < -0.4 is 9.47 Å². The molecule has 1 aromatic rings. The summed E-state index contributed by atoms with van der Waals surface area (Å²) in [5.74, 6) is 0.285. The number of aliphatic hydroxyl groups excluding tert-OH is 1. The molecule has 1 N–H and O–H groups in total. The van der Waals surface area contributed by atoms with Gasteiger partial charge in [-0.2, -0.15) is 0 Å². The Morgan fingerprint density at radius 3 is 2.56 bits per heavy atom. The average Bonchev–Trinajstić information content (AvgIpc) is 2.26. The van der Waals surface area contributed by atoms with Gasteiger partial charge in [0.2, 0.25) is 0 Å². The van der Waals surface area contributed by atoms with Crippen LogP contribution in [0.4, 0.5) is 0 Å². The molecule has 4 heteroatoms. The number of carbonyl (C=O) groups excluding carboxylic acids is 1. The zero-order valence-electron chi connectivity index (χ0n) is 9.40. The van der Waals surface area contributed by atoms with Gasteiger partial charge in [0.15, 0.2) is 0 Å². The summed E-state index contributed by atoms with van der Waals surface area (Å²) < 4.78 is 10.0. The molecular weight excluding hydrogens is 208 g/mol. The quantitative estimate of drug-likeness (QED) is 0.621. The highest BCUT2D eigenvalue weighted by atomic mass is 16.5. The molecule has 1 unspecified atom stereocenters. The summed E-state index contributed by atoms with van der Waals surface area (Å²) >= 11 is 0. The molecule has 0 saturated carbocycles. The van der Waals surface area contributed by atoms with Gasteiger partial charge >= 0.3 is 5.97 Å². The van der Waals surface area contributed by atoms with E-state index in [-0.39, 0.29) is 12.5 Å². The van der Waals surface area contributed by atoms with E-state index >= 15 is 0 Å². The minimum Gasteiger partial charge on any atom is -0.497 e. The minimum absolute atomic E-state index is 0.0767. The molecule has 1 rings (SSSR count). The minimum atomic E-state index is -0.399. The standard InChI is InChI=1S/C12H15O4/c1-8(7-13)10-4-11(15-3)6-12(5-10)16-9(2)14/h4-6,8,13H,1,7H2,2-3H3. The van der Waals surface area contributed by atoms with Gasteiger partial charge < -0.3 is 14.6 Å². The number of carbonyl (C=O) groups is 1. The first-order valence-electron chi connectivity index (χ1n) is 4.88. The average molecular weight is 223 g/mol. The maximum atomic E-state index is 10.8. The molecule has 1 radical (unpaired) electrons. The summed E-state index contributed by atoms with van der Waals surface area (Å²) in [5.41, 5.74) is 0.762. The first-order valence-corrected chi connectivity index (χ1v) is 4.88. The molecule has 0 saturated heterocycles. The Balaban J connectivity index is 3.05. The molecule has 16 heavy (non-hydrogen) atoms. The Morgan fingerprint density at radius 2 is 2.06 bits per heavy atom. The lowest BCUT2D eigenvalue weighted by atomic mass is 10.0. The molecule has 0 aliphatic heterocycles. The lowest BCUT2D eigenvalue weighted by Crippen LogP contribution is -2.04. The number of hydrogen-bond acceptors (Lipinski definition) is 4. The van der Waals surface area contributed by atoms with E-state index in [1.54, 1.807) is 18.2 Å². The predicted molar refractivity (Wildman–Crippen MR) is 59.5 cm³/mol. The highest BCUT2D eigenvalue weighted by molar-refractivity contribution is 5.69. The van der Waals surface area contributed by atoms with E-state index in [1.165, 1.54) is 14.0 Å². The number of ether oxygens (including phenoxy) is 2. The monoisotopic (exact) mass is 223 g/mol. The van der Waals surface area contributed by atoms with Crippen LogP contribution in [0.1, 0.15) is 18.4 Å². The zero-order valence-corrected chi connectivity index (χ0v) is 9.40. The SMILES string of the molecule is [CH2]C(CO)c1cc(OC)cc(OC(C)=O)c1. The van der Waals surface area contributed by atoms with E-state index in [4.69, 9.17) is 14.6 Å². The van der Waals surface area contributed by atoms with Gasteiger partial charge in [0.05, 0.1) is 7.11 Å². The van der Waals surface area contributed by atoms with Crippen molar-refractivity contribution >= 4 is 5.97 Å². The Kier molecular flexibility index (Phi) is 4.31. The second-order valence-electron chi connectivity index (χ2n) is 3.42. The van der Waals surface area contributed by atoms with Gasteiger partial charge in [-0.1, -0.05) is 0 Å².